The van der Waals surface area contributed by atoms with E-state index in [-0.39, 0.29) is 6.61 Å². The molecule has 0 radical (unpaired) electrons. The molecule has 0 aromatic rings. The maximum absolute atomic E-state index is 9.00. The summed E-state index contributed by atoms with van der Waals surface area (Å²) in [6, 6.07) is 0. The maximum Gasteiger partial charge on any atom is 0.0883 e. The molecule has 0 aliphatic rings. The van der Waals surface area contributed by atoms with Gasteiger partial charge in [0.2, 0.25) is 0 Å². The lowest BCUT2D eigenvalue weighted by Gasteiger charge is -2.16. The lowest BCUT2D eigenvalue weighted by molar-refractivity contribution is 0.00459. The molecule has 2 nitrogen and oxygen atoms in total. The van der Waals surface area contributed by atoms with Crippen LogP contribution in [-0.2, 0) is 0 Å². The van der Waals surface area contributed by atoms with Gasteiger partial charge in [0.05, 0.1) is 12.2 Å². The topological polar surface area (TPSA) is 40.5 Å². The predicted octanol–water partition coefficient (Wildman–Crippen LogP) is 0.306. The lowest BCUT2D eigenvalue weighted by Crippen LogP contribution is -2.27. The van der Waals surface area contributed by atoms with Crippen LogP contribution in [0, 0.1) is 0 Å². The van der Waals surface area contributed by atoms with E-state index in [4.69, 9.17) is 10.2 Å². The molecule has 0 spiro atoms. The Kier molecular flexibility index (Phi) is 2.72. The summed E-state index contributed by atoms with van der Waals surface area (Å²) >= 11 is 0. The van der Waals surface area contributed by atoms with Gasteiger partial charge in [-0.15, -0.1) is 6.58 Å². The third-order valence-electron chi connectivity index (χ3n) is 0.925. The van der Waals surface area contributed by atoms with Gasteiger partial charge in [-0.2, -0.15) is 0 Å². The highest BCUT2D eigenvalue weighted by molar-refractivity contribution is 4.81. The average Bonchev–Trinajstić information content (AvgIpc) is 1.67. The molecule has 2 heteroatoms. The molecule has 0 aromatic heterocycles. The monoisotopic (exact) mass is 116 g/mol. The second kappa shape index (κ2) is 2.84. The largest absolute Gasteiger partial charge is 0.393 e. The Morgan fingerprint density at radius 2 is 2.25 bits per heavy atom. The molecule has 0 rings (SSSR count). The fourth-order valence-corrected chi connectivity index (χ4v) is 0.375. The number of hydrogen-bond acceptors (Lipinski definition) is 2. The van der Waals surface area contributed by atoms with Gasteiger partial charge in [0.1, 0.15) is 0 Å². The molecule has 0 amide bonds. The molecule has 1 unspecified atom stereocenters. The zero-order valence-corrected chi connectivity index (χ0v) is 5.09. The summed E-state index contributed by atoms with van der Waals surface area (Å²) in [4.78, 5) is 0. The Bertz CT molecular complexity index is 76.6. The highest BCUT2D eigenvalue weighted by Gasteiger charge is 2.15. The smallest absolute Gasteiger partial charge is 0.0883 e. The Hall–Kier alpha value is -0.340. The zero-order chi connectivity index (χ0) is 6.62. The van der Waals surface area contributed by atoms with Crippen molar-refractivity contribution in [3.05, 3.63) is 12.7 Å². The first kappa shape index (κ1) is 7.66. The van der Waals surface area contributed by atoms with Crippen LogP contribution in [0.3, 0.4) is 0 Å². The highest BCUT2D eigenvalue weighted by Crippen LogP contribution is 2.06. The average molecular weight is 116 g/mol. The number of aliphatic hydroxyl groups is 2. The zero-order valence-electron chi connectivity index (χ0n) is 5.09. The van der Waals surface area contributed by atoms with Gasteiger partial charge in [-0.05, 0) is 13.3 Å². The number of aliphatic hydroxyl groups excluding tert-OH is 1. The molecule has 2 N–H and O–H groups in total. The molecular formula is C6H12O2. The molecule has 0 aliphatic heterocycles. The van der Waals surface area contributed by atoms with Crippen molar-refractivity contribution in [2.75, 3.05) is 6.61 Å². The normalized spacial score (nSPS) is 17.4. The van der Waals surface area contributed by atoms with Crippen molar-refractivity contribution in [3.63, 3.8) is 0 Å². The summed E-state index contributed by atoms with van der Waals surface area (Å²) < 4.78 is 0. The van der Waals surface area contributed by atoms with Gasteiger partial charge in [-0.25, -0.2) is 0 Å². The molecule has 0 aromatic carbocycles. The van der Waals surface area contributed by atoms with Gasteiger partial charge in [0.25, 0.3) is 0 Å². The molecule has 48 valence electrons. The van der Waals surface area contributed by atoms with Crippen LogP contribution in [0.5, 0.6) is 0 Å². The van der Waals surface area contributed by atoms with Crippen molar-refractivity contribution < 1.29 is 10.2 Å². The first-order chi connectivity index (χ1) is 3.62. The quantitative estimate of drug-likeness (QED) is 0.521. The molecule has 0 bridgehead atoms. The van der Waals surface area contributed by atoms with E-state index in [0.717, 1.165) is 0 Å². The summed E-state index contributed by atoms with van der Waals surface area (Å²) in [5, 5.41) is 17.4. The Morgan fingerprint density at radius 3 is 2.38 bits per heavy atom. The minimum atomic E-state index is -0.970. The molecule has 0 saturated heterocycles. The van der Waals surface area contributed by atoms with E-state index < -0.39 is 5.60 Å². The van der Waals surface area contributed by atoms with Crippen LogP contribution in [0.4, 0.5) is 0 Å². The fourth-order valence-electron chi connectivity index (χ4n) is 0.375. The summed E-state index contributed by atoms with van der Waals surface area (Å²) in [5.74, 6) is 0. The molecule has 0 fully saturated rings. The van der Waals surface area contributed by atoms with Gasteiger partial charge in [-0.3, -0.25) is 0 Å². The summed E-state index contributed by atoms with van der Waals surface area (Å²) in [6.07, 6.45) is 2.01. The van der Waals surface area contributed by atoms with E-state index in [9.17, 15) is 0 Å². The van der Waals surface area contributed by atoms with Crippen LogP contribution >= 0.6 is 0 Å². The van der Waals surface area contributed by atoms with Crippen LogP contribution in [-0.4, -0.2) is 22.4 Å². The third kappa shape index (κ3) is 2.77. The van der Waals surface area contributed by atoms with Crippen molar-refractivity contribution in [2.24, 2.45) is 0 Å². The SMILES string of the molecule is C=CCC(C)(O)CO. The second-order valence-corrected chi connectivity index (χ2v) is 2.15. The van der Waals surface area contributed by atoms with Crippen molar-refractivity contribution in [2.45, 2.75) is 18.9 Å². The first-order valence-corrected chi connectivity index (χ1v) is 2.56. The summed E-state index contributed by atoms with van der Waals surface area (Å²) in [7, 11) is 0. The van der Waals surface area contributed by atoms with Gasteiger partial charge in [0, 0.05) is 0 Å². The molecule has 0 heterocycles. The van der Waals surface area contributed by atoms with E-state index in [1.54, 1.807) is 13.0 Å². The molecule has 0 saturated carbocycles. The van der Waals surface area contributed by atoms with Crippen LogP contribution in [0.2, 0.25) is 0 Å². The van der Waals surface area contributed by atoms with Gasteiger partial charge < -0.3 is 10.2 Å². The van der Waals surface area contributed by atoms with Crippen molar-refractivity contribution >= 4 is 0 Å². The van der Waals surface area contributed by atoms with E-state index >= 15 is 0 Å². The maximum atomic E-state index is 9.00. The molecular weight excluding hydrogens is 104 g/mol. The van der Waals surface area contributed by atoms with Crippen molar-refractivity contribution in [3.8, 4) is 0 Å². The number of hydrogen-bond donors (Lipinski definition) is 2. The van der Waals surface area contributed by atoms with Crippen LogP contribution < -0.4 is 0 Å². The number of rotatable bonds is 3. The second-order valence-electron chi connectivity index (χ2n) is 2.15. The third-order valence-corrected chi connectivity index (χ3v) is 0.925. The van der Waals surface area contributed by atoms with Gasteiger partial charge in [0.15, 0.2) is 0 Å². The highest BCUT2D eigenvalue weighted by atomic mass is 16.3. The van der Waals surface area contributed by atoms with E-state index in [1.807, 2.05) is 0 Å². The molecule has 1 atom stereocenters. The van der Waals surface area contributed by atoms with Crippen molar-refractivity contribution in [1.82, 2.24) is 0 Å². The molecule has 0 aliphatic carbocycles. The van der Waals surface area contributed by atoms with Gasteiger partial charge in [-0.1, -0.05) is 6.08 Å². The van der Waals surface area contributed by atoms with Crippen LogP contribution in [0.1, 0.15) is 13.3 Å². The van der Waals surface area contributed by atoms with Crippen LogP contribution in [0.15, 0.2) is 12.7 Å². The van der Waals surface area contributed by atoms with E-state index in [0.29, 0.717) is 6.42 Å². The predicted molar refractivity (Wildman–Crippen MR) is 32.5 cm³/mol. The Labute approximate surface area is 49.5 Å². The fraction of sp³-hybridized carbons (Fsp3) is 0.667. The molecule has 8 heavy (non-hydrogen) atoms. The Balaban J connectivity index is 3.53. The first-order valence-electron chi connectivity index (χ1n) is 2.56. The standard InChI is InChI=1S/C6H12O2/c1-3-4-6(2,8)5-7/h3,7-8H,1,4-5H2,2H3. The van der Waals surface area contributed by atoms with Crippen LogP contribution in [0.25, 0.3) is 0 Å². The lowest BCUT2D eigenvalue weighted by atomic mass is 10.1. The van der Waals surface area contributed by atoms with Gasteiger partial charge >= 0.3 is 0 Å². The summed E-state index contributed by atoms with van der Waals surface area (Å²) in [6.45, 7) is 4.78. The van der Waals surface area contributed by atoms with Crippen molar-refractivity contribution in [1.29, 1.82) is 0 Å². The van der Waals surface area contributed by atoms with E-state index in [2.05, 4.69) is 6.58 Å². The summed E-state index contributed by atoms with van der Waals surface area (Å²) in [5.41, 5.74) is -0.970. The Morgan fingerprint density at radius 1 is 1.75 bits per heavy atom. The van der Waals surface area contributed by atoms with E-state index in [1.165, 1.54) is 0 Å². The minimum Gasteiger partial charge on any atom is -0.393 e. The minimum absolute atomic E-state index is 0.209.